The van der Waals surface area contributed by atoms with Crippen LogP contribution in [0.2, 0.25) is 0 Å². The van der Waals surface area contributed by atoms with Crippen LogP contribution >= 0.6 is 15.9 Å². The molecule has 33 heavy (non-hydrogen) atoms. The van der Waals surface area contributed by atoms with Crippen molar-refractivity contribution in [3.8, 4) is 0 Å². The lowest BCUT2D eigenvalue weighted by Crippen LogP contribution is -2.38. The fraction of sp³-hybridized carbons (Fsp3) is 0.480. The Morgan fingerprint density at radius 1 is 1.18 bits per heavy atom. The number of rotatable bonds is 3. The van der Waals surface area contributed by atoms with Crippen molar-refractivity contribution in [1.29, 1.82) is 0 Å². The van der Waals surface area contributed by atoms with Crippen molar-refractivity contribution in [2.45, 2.75) is 52.2 Å². The van der Waals surface area contributed by atoms with Gasteiger partial charge in [-0.2, -0.15) is 5.10 Å². The summed E-state index contributed by atoms with van der Waals surface area (Å²) in [7, 11) is 0. The number of benzene rings is 1. The molecule has 7 nitrogen and oxygen atoms in total. The fourth-order valence-electron chi connectivity index (χ4n) is 5.06. The fourth-order valence-corrected chi connectivity index (χ4v) is 5.48. The van der Waals surface area contributed by atoms with Crippen LogP contribution in [0.1, 0.15) is 59.4 Å². The van der Waals surface area contributed by atoms with Crippen molar-refractivity contribution in [2.75, 3.05) is 24.5 Å². The second kappa shape index (κ2) is 8.72. The van der Waals surface area contributed by atoms with E-state index in [4.69, 9.17) is 10.1 Å². The highest BCUT2D eigenvalue weighted by Crippen LogP contribution is 2.34. The molecular weight excluding hydrogens is 482 g/mol. The number of fused-ring (bicyclic) bond motifs is 1. The maximum absolute atomic E-state index is 13.5. The summed E-state index contributed by atoms with van der Waals surface area (Å²) in [4.78, 5) is 22.6. The van der Waals surface area contributed by atoms with E-state index in [9.17, 15) is 9.90 Å². The highest BCUT2D eigenvalue weighted by atomic mass is 79.9. The molecule has 0 radical (unpaired) electrons. The molecule has 5 rings (SSSR count). The van der Waals surface area contributed by atoms with E-state index < -0.39 is 0 Å². The molecule has 3 aromatic rings. The number of piperidine rings is 1. The molecule has 2 saturated heterocycles. The number of aryl methyl sites for hydroxylation is 2. The van der Waals surface area contributed by atoms with E-state index in [2.05, 4.69) is 27.8 Å². The summed E-state index contributed by atoms with van der Waals surface area (Å²) in [6.07, 6.45) is 4.63. The lowest BCUT2D eigenvalue weighted by molar-refractivity contribution is 0.0604. The molecule has 0 saturated carbocycles. The summed E-state index contributed by atoms with van der Waals surface area (Å²) in [6.45, 7) is 8.22. The first-order chi connectivity index (χ1) is 15.8. The number of carbonyl (C=O) groups excluding carboxylic acids is 1. The third-order valence-corrected chi connectivity index (χ3v) is 7.65. The van der Waals surface area contributed by atoms with E-state index >= 15 is 0 Å². The normalized spacial score (nSPS) is 23.5. The van der Waals surface area contributed by atoms with Crippen molar-refractivity contribution >= 4 is 33.3 Å². The minimum atomic E-state index is -0.328. The van der Waals surface area contributed by atoms with E-state index in [1.54, 1.807) is 0 Å². The number of halogens is 1. The smallest absolute Gasteiger partial charge is 0.255 e. The minimum absolute atomic E-state index is 0.0391. The van der Waals surface area contributed by atoms with Gasteiger partial charge in [-0.1, -0.05) is 18.6 Å². The van der Waals surface area contributed by atoms with Crippen molar-refractivity contribution in [1.82, 2.24) is 19.5 Å². The first kappa shape index (κ1) is 22.3. The number of amides is 1. The quantitative estimate of drug-likeness (QED) is 0.567. The maximum Gasteiger partial charge on any atom is 0.255 e. The van der Waals surface area contributed by atoms with Gasteiger partial charge in [0.25, 0.3) is 5.91 Å². The molecule has 1 amide bonds. The van der Waals surface area contributed by atoms with Crippen LogP contribution in [-0.2, 0) is 0 Å². The zero-order chi connectivity index (χ0) is 23.3. The van der Waals surface area contributed by atoms with Gasteiger partial charge in [0, 0.05) is 47.9 Å². The lowest BCUT2D eigenvalue weighted by atomic mass is 9.98. The van der Waals surface area contributed by atoms with Crippen LogP contribution in [0.5, 0.6) is 0 Å². The van der Waals surface area contributed by atoms with Gasteiger partial charge in [-0.25, -0.2) is 9.50 Å². The van der Waals surface area contributed by atoms with E-state index in [-0.39, 0.29) is 24.0 Å². The van der Waals surface area contributed by atoms with Gasteiger partial charge in [0.1, 0.15) is 5.82 Å². The predicted molar refractivity (Wildman–Crippen MR) is 132 cm³/mol. The summed E-state index contributed by atoms with van der Waals surface area (Å²) >= 11 is 3.56. The van der Waals surface area contributed by atoms with Gasteiger partial charge in [0.2, 0.25) is 0 Å². The highest BCUT2D eigenvalue weighted by molar-refractivity contribution is 9.10. The maximum atomic E-state index is 13.5. The zero-order valence-corrected chi connectivity index (χ0v) is 20.9. The monoisotopic (exact) mass is 511 g/mol. The SMILES string of the molecule is Cc1ccc(Br)c(C(=O)N2CCCC[C@H]2c2cc3nc(N4C[C@@H](C)[C@@H](O)C4)c(C)cn3n2)c1. The number of hydrogen-bond acceptors (Lipinski definition) is 5. The number of nitrogens with zero attached hydrogens (tertiary/aromatic N) is 5. The Morgan fingerprint density at radius 2 is 2.00 bits per heavy atom. The number of carbonyl (C=O) groups is 1. The topological polar surface area (TPSA) is 74.0 Å². The summed E-state index contributed by atoms with van der Waals surface area (Å²) in [5, 5.41) is 15.0. The standard InChI is InChI=1S/C25H30BrN5O2/c1-15-7-8-19(26)18(10-15)25(33)30-9-5-4-6-21(30)20-11-23-27-24(17(3)13-31(23)28-20)29-12-16(2)22(32)14-29/h7-8,10-11,13,16,21-22,32H,4-6,9,12,14H2,1-3H3/t16-,21+,22+/m1/s1. The summed E-state index contributed by atoms with van der Waals surface area (Å²) in [6, 6.07) is 7.84. The van der Waals surface area contributed by atoms with Crippen molar-refractivity contribution < 1.29 is 9.90 Å². The van der Waals surface area contributed by atoms with E-state index in [1.165, 1.54) is 0 Å². The molecule has 0 unspecified atom stereocenters. The molecule has 0 spiro atoms. The number of β-amino-alcohol motifs (C(OH)–C–C–N with tert-alkyl or cyclic N) is 1. The van der Waals surface area contributed by atoms with Crippen molar-refractivity contribution in [3.05, 3.63) is 57.3 Å². The Kier molecular flexibility index (Phi) is 5.91. The molecule has 0 aliphatic carbocycles. The molecule has 2 aromatic heterocycles. The van der Waals surface area contributed by atoms with Crippen LogP contribution in [0, 0.1) is 19.8 Å². The van der Waals surface area contributed by atoms with Crippen LogP contribution in [-0.4, -0.2) is 56.2 Å². The van der Waals surface area contributed by atoms with Gasteiger partial charge in [0.05, 0.1) is 23.4 Å². The van der Waals surface area contributed by atoms with Gasteiger partial charge >= 0.3 is 0 Å². The Morgan fingerprint density at radius 3 is 2.76 bits per heavy atom. The summed E-state index contributed by atoms with van der Waals surface area (Å²) in [5.74, 6) is 1.17. The third-order valence-electron chi connectivity index (χ3n) is 6.95. The summed E-state index contributed by atoms with van der Waals surface area (Å²) in [5.41, 5.74) is 4.44. The molecule has 1 aromatic carbocycles. The van der Waals surface area contributed by atoms with Gasteiger partial charge < -0.3 is 14.9 Å². The van der Waals surface area contributed by atoms with Gasteiger partial charge in [0.15, 0.2) is 5.65 Å². The first-order valence-corrected chi connectivity index (χ1v) is 12.5. The second-order valence-electron chi connectivity index (χ2n) is 9.56. The van der Waals surface area contributed by atoms with E-state index in [0.29, 0.717) is 12.1 Å². The molecule has 0 bridgehead atoms. The Bertz CT molecular complexity index is 1200. The molecule has 2 fully saturated rings. The Hall–Kier alpha value is -2.45. The van der Waals surface area contributed by atoms with Crippen LogP contribution in [0.3, 0.4) is 0 Å². The second-order valence-corrected chi connectivity index (χ2v) is 10.4. The molecule has 8 heteroatoms. The molecule has 4 heterocycles. The third kappa shape index (κ3) is 4.15. The molecule has 2 aliphatic heterocycles. The highest BCUT2D eigenvalue weighted by Gasteiger charge is 2.33. The van der Waals surface area contributed by atoms with E-state index in [0.717, 1.165) is 65.1 Å². The molecular formula is C25H30BrN5O2. The van der Waals surface area contributed by atoms with E-state index in [1.807, 2.05) is 53.7 Å². The number of likely N-dealkylation sites (tertiary alicyclic amines) is 1. The lowest BCUT2D eigenvalue weighted by Gasteiger charge is -2.35. The number of aliphatic hydroxyl groups is 1. The number of hydrogen-bond donors (Lipinski definition) is 1. The average Bonchev–Trinajstić information content (AvgIpc) is 3.36. The first-order valence-electron chi connectivity index (χ1n) is 11.7. The van der Waals surface area contributed by atoms with Crippen LogP contribution < -0.4 is 4.90 Å². The van der Waals surface area contributed by atoms with Gasteiger partial charge in [-0.3, -0.25) is 4.79 Å². The largest absolute Gasteiger partial charge is 0.391 e. The minimum Gasteiger partial charge on any atom is -0.391 e. The number of aliphatic hydroxyl groups excluding tert-OH is 1. The van der Waals surface area contributed by atoms with Crippen LogP contribution in [0.15, 0.2) is 34.9 Å². The van der Waals surface area contributed by atoms with Crippen molar-refractivity contribution in [3.63, 3.8) is 0 Å². The van der Waals surface area contributed by atoms with Crippen molar-refractivity contribution in [2.24, 2.45) is 5.92 Å². The molecule has 2 aliphatic rings. The zero-order valence-electron chi connectivity index (χ0n) is 19.3. The number of anilines is 1. The number of aromatic nitrogens is 3. The summed E-state index contributed by atoms with van der Waals surface area (Å²) < 4.78 is 2.64. The molecule has 3 atom stereocenters. The Balaban J connectivity index is 1.48. The molecule has 1 N–H and O–H groups in total. The predicted octanol–water partition coefficient (Wildman–Crippen LogP) is 4.29. The average molecular weight is 512 g/mol. The van der Waals surface area contributed by atoms with Crippen LogP contribution in [0.4, 0.5) is 5.82 Å². The molecule has 174 valence electrons. The van der Waals surface area contributed by atoms with Gasteiger partial charge in [-0.15, -0.1) is 0 Å². The van der Waals surface area contributed by atoms with Crippen LogP contribution in [0.25, 0.3) is 5.65 Å². The van der Waals surface area contributed by atoms with Gasteiger partial charge in [-0.05, 0) is 61.2 Å². The Labute approximate surface area is 202 Å².